The number of nitrogens with one attached hydrogen (secondary N) is 1. The lowest BCUT2D eigenvalue weighted by Gasteiger charge is -2.30. The Morgan fingerprint density at radius 3 is 2.50 bits per heavy atom. The van der Waals surface area contributed by atoms with Crippen LogP contribution in [0.2, 0.25) is 0 Å². The molecule has 10 nitrogen and oxygen atoms in total. The predicted molar refractivity (Wildman–Crippen MR) is 121 cm³/mol. The summed E-state index contributed by atoms with van der Waals surface area (Å²) < 4.78 is 41.9. The third-order valence-corrected chi connectivity index (χ3v) is 7.55. The molecule has 1 aromatic heterocycles. The average Bonchev–Trinajstić information content (AvgIpc) is 3.25. The summed E-state index contributed by atoms with van der Waals surface area (Å²) in [6, 6.07) is 12.6. The van der Waals surface area contributed by atoms with Gasteiger partial charge in [-0.05, 0) is 42.7 Å². The summed E-state index contributed by atoms with van der Waals surface area (Å²) >= 11 is 0. The molecule has 1 aliphatic rings. The van der Waals surface area contributed by atoms with E-state index in [0.717, 1.165) is 17.7 Å². The number of nitro groups is 1. The third-order valence-electron chi connectivity index (χ3n) is 5.64. The van der Waals surface area contributed by atoms with Crippen LogP contribution in [-0.4, -0.2) is 46.4 Å². The van der Waals surface area contributed by atoms with E-state index in [1.807, 2.05) is 0 Å². The summed E-state index contributed by atoms with van der Waals surface area (Å²) in [4.78, 5) is 22.8. The lowest BCUT2D eigenvalue weighted by Crippen LogP contribution is -2.41. The highest BCUT2D eigenvalue weighted by Crippen LogP contribution is 2.26. The van der Waals surface area contributed by atoms with Crippen molar-refractivity contribution < 1.29 is 22.5 Å². The molecule has 178 valence electrons. The van der Waals surface area contributed by atoms with Gasteiger partial charge >= 0.3 is 0 Å². The molecule has 0 bridgehead atoms. The van der Waals surface area contributed by atoms with Crippen LogP contribution in [0, 0.1) is 21.8 Å². The number of non-ortho nitro benzene ring substituents is 1. The van der Waals surface area contributed by atoms with Crippen LogP contribution in [0.25, 0.3) is 0 Å². The third kappa shape index (κ3) is 5.29. The van der Waals surface area contributed by atoms with Crippen molar-refractivity contribution in [1.82, 2.24) is 14.1 Å². The average molecular weight is 488 g/mol. The quantitative estimate of drug-likeness (QED) is 0.403. The molecule has 0 atom stereocenters. The summed E-state index contributed by atoms with van der Waals surface area (Å²) in [5.41, 5.74) is 0.551. The molecule has 0 spiro atoms. The van der Waals surface area contributed by atoms with Gasteiger partial charge in [-0.2, -0.15) is 9.40 Å². The van der Waals surface area contributed by atoms with Gasteiger partial charge in [-0.3, -0.25) is 19.6 Å². The van der Waals surface area contributed by atoms with E-state index < -0.39 is 14.9 Å². The van der Waals surface area contributed by atoms with Crippen LogP contribution in [0.5, 0.6) is 0 Å². The van der Waals surface area contributed by atoms with Crippen molar-refractivity contribution in [3.05, 3.63) is 82.3 Å². The fraction of sp³-hybridized carbons (Fsp3) is 0.273. The molecule has 0 radical (unpaired) electrons. The Bertz CT molecular complexity index is 1300. The molecule has 0 unspecified atom stereocenters. The summed E-state index contributed by atoms with van der Waals surface area (Å²) in [5.74, 6) is -0.595. The number of hydrogen-bond acceptors (Lipinski definition) is 6. The molecule has 34 heavy (non-hydrogen) atoms. The number of anilines is 1. The number of piperidine rings is 1. The number of aromatic nitrogens is 2. The first-order valence-corrected chi connectivity index (χ1v) is 12.0. The number of halogens is 1. The highest BCUT2D eigenvalue weighted by atomic mass is 32.2. The normalized spacial score (nSPS) is 15.2. The van der Waals surface area contributed by atoms with Gasteiger partial charge in [-0.25, -0.2) is 12.8 Å². The van der Waals surface area contributed by atoms with Gasteiger partial charge in [-0.15, -0.1) is 0 Å². The van der Waals surface area contributed by atoms with Crippen LogP contribution in [0.3, 0.4) is 0 Å². The van der Waals surface area contributed by atoms with Crippen molar-refractivity contribution in [1.29, 1.82) is 0 Å². The van der Waals surface area contributed by atoms with E-state index in [0.29, 0.717) is 25.2 Å². The van der Waals surface area contributed by atoms with E-state index in [9.17, 15) is 27.7 Å². The molecule has 2 aromatic carbocycles. The molecular weight excluding hydrogens is 465 g/mol. The number of benzene rings is 2. The standard InChI is InChI=1S/C22H22FN5O5S/c23-18-3-1-2-16(14-18)15-26-11-10-21(25-26)24-22(29)17-8-12-27(13-9-17)34(32,33)20-6-4-19(5-7-20)28(30)31/h1-7,10-11,14,17H,8-9,12-13,15H2,(H,24,25,29). The monoisotopic (exact) mass is 487 g/mol. The van der Waals surface area contributed by atoms with Crippen molar-refractivity contribution in [2.24, 2.45) is 5.92 Å². The number of rotatable bonds is 7. The SMILES string of the molecule is O=C(Nc1ccn(Cc2cccc(F)c2)n1)C1CCN(S(=O)(=O)c2ccc([N+](=O)[O-])cc2)CC1. The lowest BCUT2D eigenvalue weighted by atomic mass is 9.97. The van der Waals surface area contributed by atoms with Gasteiger partial charge in [0.15, 0.2) is 5.82 Å². The Kier molecular flexibility index (Phi) is 6.70. The second kappa shape index (κ2) is 9.69. The first-order chi connectivity index (χ1) is 16.2. The number of nitro benzene ring substituents is 1. The minimum atomic E-state index is -3.81. The molecule has 1 saturated heterocycles. The summed E-state index contributed by atoms with van der Waals surface area (Å²) in [5, 5.41) is 17.8. The first-order valence-electron chi connectivity index (χ1n) is 10.6. The van der Waals surface area contributed by atoms with E-state index in [1.54, 1.807) is 29.1 Å². The van der Waals surface area contributed by atoms with E-state index in [4.69, 9.17) is 0 Å². The van der Waals surface area contributed by atoms with Crippen LogP contribution in [0.15, 0.2) is 65.7 Å². The number of nitrogens with zero attached hydrogens (tertiary/aromatic N) is 4. The Hall–Kier alpha value is -3.64. The van der Waals surface area contributed by atoms with Crippen molar-refractivity contribution in [3.63, 3.8) is 0 Å². The van der Waals surface area contributed by atoms with Crippen LogP contribution >= 0.6 is 0 Å². The second-order valence-corrected chi connectivity index (χ2v) is 9.89. The van der Waals surface area contributed by atoms with E-state index in [-0.39, 0.29) is 41.3 Å². The molecule has 2 heterocycles. The molecule has 1 fully saturated rings. The number of carbonyl (C=O) groups is 1. The largest absolute Gasteiger partial charge is 0.309 e. The highest BCUT2D eigenvalue weighted by Gasteiger charge is 2.32. The van der Waals surface area contributed by atoms with Crippen LogP contribution in [0.4, 0.5) is 15.9 Å². The maximum Gasteiger partial charge on any atom is 0.269 e. The Balaban J connectivity index is 1.32. The van der Waals surface area contributed by atoms with Gasteiger partial charge < -0.3 is 5.32 Å². The second-order valence-electron chi connectivity index (χ2n) is 7.95. The maximum absolute atomic E-state index is 13.3. The van der Waals surface area contributed by atoms with Crippen molar-refractivity contribution in [3.8, 4) is 0 Å². The van der Waals surface area contributed by atoms with E-state index in [1.165, 1.54) is 28.6 Å². The van der Waals surface area contributed by atoms with Crippen LogP contribution in [-0.2, 0) is 21.4 Å². The van der Waals surface area contributed by atoms with Gasteiger partial charge in [0.1, 0.15) is 5.82 Å². The van der Waals surface area contributed by atoms with Crippen LogP contribution in [0.1, 0.15) is 18.4 Å². The molecule has 12 heteroatoms. The number of carbonyl (C=O) groups excluding carboxylic acids is 1. The topological polar surface area (TPSA) is 127 Å². The maximum atomic E-state index is 13.3. The van der Waals surface area contributed by atoms with Crippen molar-refractivity contribution >= 4 is 27.4 Å². The highest BCUT2D eigenvalue weighted by molar-refractivity contribution is 7.89. The van der Waals surface area contributed by atoms with Crippen molar-refractivity contribution in [2.75, 3.05) is 18.4 Å². The van der Waals surface area contributed by atoms with Crippen LogP contribution < -0.4 is 5.32 Å². The molecule has 3 aromatic rings. The molecule has 1 amide bonds. The molecule has 0 aliphatic carbocycles. The Morgan fingerprint density at radius 2 is 1.85 bits per heavy atom. The summed E-state index contributed by atoms with van der Waals surface area (Å²) in [7, 11) is -3.81. The minimum absolute atomic E-state index is 0.0233. The van der Waals surface area contributed by atoms with E-state index >= 15 is 0 Å². The smallest absolute Gasteiger partial charge is 0.269 e. The molecule has 4 rings (SSSR count). The Labute approximate surface area is 195 Å². The van der Waals surface area contributed by atoms with Gasteiger partial charge in [-0.1, -0.05) is 12.1 Å². The van der Waals surface area contributed by atoms with Crippen molar-refractivity contribution in [2.45, 2.75) is 24.3 Å². The Morgan fingerprint density at radius 1 is 1.15 bits per heavy atom. The summed E-state index contributed by atoms with van der Waals surface area (Å²) in [6.45, 7) is 0.670. The summed E-state index contributed by atoms with van der Waals surface area (Å²) in [6.07, 6.45) is 2.35. The molecule has 1 aliphatic heterocycles. The van der Waals surface area contributed by atoms with E-state index in [2.05, 4.69) is 10.4 Å². The number of amides is 1. The molecule has 0 saturated carbocycles. The lowest BCUT2D eigenvalue weighted by molar-refractivity contribution is -0.384. The molecule has 1 N–H and O–H groups in total. The fourth-order valence-corrected chi connectivity index (χ4v) is 5.28. The zero-order valence-electron chi connectivity index (χ0n) is 18.0. The zero-order chi connectivity index (χ0) is 24.3. The minimum Gasteiger partial charge on any atom is -0.309 e. The number of sulfonamides is 1. The molecular formula is C22H22FN5O5S. The predicted octanol–water partition coefficient (Wildman–Crippen LogP) is 3.02. The number of hydrogen-bond donors (Lipinski definition) is 1. The van der Waals surface area contributed by atoms with Gasteiger partial charge in [0, 0.05) is 43.4 Å². The van der Waals surface area contributed by atoms with Gasteiger partial charge in [0.2, 0.25) is 15.9 Å². The van der Waals surface area contributed by atoms with Gasteiger partial charge in [0.25, 0.3) is 5.69 Å². The first kappa shape index (κ1) is 23.5. The fourth-order valence-electron chi connectivity index (χ4n) is 3.81. The zero-order valence-corrected chi connectivity index (χ0v) is 18.8. The van der Waals surface area contributed by atoms with Gasteiger partial charge in [0.05, 0.1) is 16.4 Å².